The van der Waals surface area contributed by atoms with Gasteiger partial charge in [-0.3, -0.25) is 14.4 Å². The summed E-state index contributed by atoms with van der Waals surface area (Å²) in [6.45, 7) is 16.0. The molecule has 0 aliphatic carbocycles. The van der Waals surface area contributed by atoms with Gasteiger partial charge in [-0.2, -0.15) is 0 Å². The van der Waals surface area contributed by atoms with Crippen LogP contribution in [0.25, 0.3) is 0 Å². The van der Waals surface area contributed by atoms with E-state index < -0.39 is 42.1 Å². The van der Waals surface area contributed by atoms with Gasteiger partial charge < -0.3 is 42.2 Å². The minimum atomic E-state index is -0.963. The van der Waals surface area contributed by atoms with E-state index >= 15 is 0 Å². The zero-order valence-electron chi connectivity index (χ0n) is 28.7. The third kappa shape index (κ3) is 18.2. The lowest BCUT2D eigenvalue weighted by atomic mass is 9.89. The molecule has 13 nitrogen and oxygen atoms in total. The molecule has 1 aromatic carbocycles. The van der Waals surface area contributed by atoms with Crippen LogP contribution in [0.1, 0.15) is 93.1 Å². The smallest absolute Gasteiger partial charge is 0.407 e. The minimum Gasteiger partial charge on any atom is -0.445 e. The number of primary amides is 1. The molecule has 46 heavy (non-hydrogen) atoms. The second-order valence-corrected chi connectivity index (χ2v) is 14.4. The van der Waals surface area contributed by atoms with Crippen LogP contribution in [0.5, 0.6) is 0 Å². The van der Waals surface area contributed by atoms with Crippen molar-refractivity contribution in [1.29, 1.82) is 0 Å². The number of aliphatic hydroxyl groups excluding tert-OH is 1. The molecule has 0 spiro atoms. The fourth-order valence-corrected chi connectivity index (χ4v) is 4.41. The van der Waals surface area contributed by atoms with E-state index in [1.54, 1.807) is 24.3 Å². The molecule has 0 aliphatic heterocycles. The third-order valence-electron chi connectivity index (χ3n) is 6.89. The summed E-state index contributed by atoms with van der Waals surface area (Å²) < 4.78 is 5.22. The minimum absolute atomic E-state index is 0.0148. The van der Waals surface area contributed by atoms with Gasteiger partial charge in [0.2, 0.25) is 17.7 Å². The van der Waals surface area contributed by atoms with E-state index in [1.165, 1.54) is 0 Å². The Morgan fingerprint density at radius 1 is 0.891 bits per heavy atom. The Hall–Kier alpha value is -3.87. The number of carbonyl (C=O) groups excluding carboxylic acids is 5. The standard InChI is InChI=1S/C33H56N6O7/c1-21(2)27(39-26(41)15-16-32(3,4)5)29(43)38-25(10-9-17-35-30(34)44)28(42)37-23-13-11-22(12-14-23)20-46-31(45)36-19-24(40)18-33(6,7)8/h11-14,21,24-25,27,40H,9-10,15-20H2,1-8H3,(H,36,45)(H,37,42)(H,38,43)(H,39,41)(H3,34,35,44)/t24?,25-,27-/m0/s1. The molecule has 1 unspecified atom stereocenters. The number of hydrogen-bond donors (Lipinski definition) is 7. The summed E-state index contributed by atoms with van der Waals surface area (Å²) in [6.07, 6.45) is 0.681. The average molecular weight is 649 g/mol. The largest absolute Gasteiger partial charge is 0.445 e. The van der Waals surface area contributed by atoms with E-state index in [2.05, 4.69) is 26.6 Å². The second kappa shape index (κ2) is 18.9. The molecule has 0 radical (unpaired) electrons. The van der Waals surface area contributed by atoms with Crippen molar-refractivity contribution >= 4 is 35.5 Å². The summed E-state index contributed by atoms with van der Waals surface area (Å²) in [5.41, 5.74) is 6.16. The van der Waals surface area contributed by atoms with Gasteiger partial charge >= 0.3 is 12.1 Å². The molecule has 0 heterocycles. The number of nitrogens with one attached hydrogen (secondary N) is 5. The molecule has 13 heteroatoms. The van der Waals surface area contributed by atoms with Crippen LogP contribution in [0.3, 0.4) is 0 Å². The Balaban J connectivity index is 2.82. The Morgan fingerprint density at radius 3 is 2.07 bits per heavy atom. The van der Waals surface area contributed by atoms with Crippen molar-refractivity contribution in [2.75, 3.05) is 18.4 Å². The summed E-state index contributed by atoms with van der Waals surface area (Å²) >= 11 is 0. The molecule has 1 rings (SSSR count). The van der Waals surface area contributed by atoms with Crippen molar-refractivity contribution in [3.63, 3.8) is 0 Å². The fraction of sp³-hybridized carbons (Fsp3) is 0.667. The summed E-state index contributed by atoms with van der Waals surface area (Å²) in [6, 6.07) is 4.15. The van der Waals surface area contributed by atoms with E-state index in [1.807, 2.05) is 55.4 Å². The van der Waals surface area contributed by atoms with Crippen molar-refractivity contribution in [1.82, 2.24) is 21.3 Å². The number of hydrogen-bond acceptors (Lipinski definition) is 7. The van der Waals surface area contributed by atoms with Gasteiger partial charge in [-0.25, -0.2) is 9.59 Å². The number of urea groups is 1. The van der Waals surface area contributed by atoms with Gasteiger partial charge in [0.1, 0.15) is 18.7 Å². The SMILES string of the molecule is CC(C)[C@H](NC(=O)CCC(C)(C)C)C(=O)N[C@@H](CCCNC(N)=O)C(=O)Nc1ccc(COC(=O)NCC(O)CC(C)(C)C)cc1. The number of anilines is 1. The van der Waals surface area contributed by atoms with Gasteiger partial charge in [0.15, 0.2) is 0 Å². The highest BCUT2D eigenvalue weighted by atomic mass is 16.5. The van der Waals surface area contributed by atoms with Crippen LogP contribution in [0, 0.1) is 16.7 Å². The number of benzene rings is 1. The van der Waals surface area contributed by atoms with Gasteiger partial charge in [-0.15, -0.1) is 0 Å². The molecule has 0 aromatic heterocycles. The van der Waals surface area contributed by atoms with Gasteiger partial charge in [-0.1, -0.05) is 67.5 Å². The van der Waals surface area contributed by atoms with Crippen LogP contribution < -0.4 is 32.3 Å². The summed E-state index contributed by atoms with van der Waals surface area (Å²) in [5, 5.41) is 23.4. The summed E-state index contributed by atoms with van der Waals surface area (Å²) in [5.74, 6) is -1.44. The summed E-state index contributed by atoms with van der Waals surface area (Å²) in [4.78, 5) is 62.3. The third-order valence-corrected chi connectivity index (χ3v) is 6.89. The van der Waals surface area contributed by atoms with Gasteiger partial charge in [0, 0.05) is 25.2 Å². The van der Waals surface area contributed by atoms with Crippen LogP contribution in [-0.4, -0.2) is 66.2 Å². The zero-order valence-corrected chi connectivity index (χ0v) is 28.7. The highest BCUT2D eigenvalue weighted by Crippen LogP contribution is 2.21. The number of ether oxygens (including phenoxy) is 1. The van der Waals surface area contributed by atoms with Crippen LogP contribution in [0.4, 0.5) is 15.3 Å². The first-order valence-electron chi connectivity index (χ1n) is 15.9. The van der Waals surface area contributed by atoms with Gasteiger partial charge in [0.05, 0.1) is 6.10 Å². The van der Waals surface area contributed by atoms with Crippen LogP contribution in [-0.2, 0) is 25.7 Å². The molecule has 0 fully saturated rings. The molecule has 260 valence electrons. The number of alkyl carbamates (subject to hydrolysis) is 1. The first kappa shape index (κ1) is 40.2. The summed E-state index contributed by atoms with van der Waals surface area (Å²) in [7, 11) is 0. The van der Waals surface area contributed by atoms with Crippen molar-refractivity contribution in [3.05, 3.63) is 29.8 Å². The molecule has 0 saturated heterocycles. The molecule has 0 saturated carbocycles. The first-order chi connectivity index (χ1) is 21.3. The van der Waals surface area contributed by atoms with Crippen molar-refractivity contribution in [2.45, 2.75) is 112 Å². The van der Waals surface area contributed by atoms with Gasteiger partial charge in [0.25, 0.3) is 0 Å². The van der Waals surface area contributed by atoms with E-state index in [-0.39, 0.29) is 55.2 Å². The number of amides is 6. The van der Waals surface area contributed by atoms with E-state index in [0.717, 1.165) is 0 Å². The lowest BCUT2D eigenvalue weighted by molar-refractivity contribution is -0.132. The lowest BCUT2D eigenvalue weighted by Crippen LogP contribution is -2.54. The quantitative estimate of drug-likeness (QED) is 0.125. The highest BCUT2D eigenvalue weighted by Gasteiger charge is 2.29. The topological polar surface area (TPSA) is 201 Å². The predicted molar refractivity (Wildman–Crippen MR) is 178 cm³/mol. The Labute approximate surface area is 273 Å². The molecule has 6 amide bonds. The maximum atomic E-state index is 13.3. The van der Waals surface area contributed by atoms with Crippen molar-refractivity contribution < 1.29 is 33.8 Å². The first-order valence-corrected chi connectivity index (χ1v) is 15.9. The Morgan fingerprint density at radius 2 is 1.52 bits per heavy atom. The molecule has 8 N–H and O–H groups in total. The van der Waals surface area contributed by atoms with Crippen LogP contribution >= 0.6 is 0 Å². The average Bonchev–Trinajstić information content (AvgIpc) is 2.93. The number of rotatable bonds is 17. The van der Waals surface area contributed by atoms with E-state index in [9.17, 15) is 29.1 Å². The maximum absolute atomic E-state index is 13.3. The number of aliphatic hydroxyl groups is 1. The molecule has 0 bridgehead atoms. The molecule has 3 atom stereocenters. The predicted octanol–water partition coefficient (Wildman–Crippen LogP) is 3.55. The Kier molecular flexibility index (Phi) is 16.5. The van der Waals surface area contributed by atoms with Crippen LogP contribution in [0.15, 0.2) is 24.3 Å². The van der Waals surface area contributed by atoms with E-state index in [4.69, 9.17) is 10.5 Å². The highest BCUT2D eigenvalue weighted by molar-refractivity contribution is 5.98. The lowest BCUT2D eigenvalue weighted by Gasteiger charge is -2.26. The molecular weight excluding hydrogens is 592 g/mol. The maximum Gasteiger partial charge on any atom is 0.407 e. The molecule has 0 aliphatic rings. The zero-order chi connectivity index (χ0) is 35.1. The second-order valence-electron chi connectivity index (χ2n) is 14.4. The van der Waals surface area contributed by atoms with Crippen LogP contribution in [0.2, 0.25) is 0 Å². The van der Waals surface area contributed by atoms with Gasteiger partial charge in [-0.05, 0) is 60.1 Å². The van der Waals surface area contributed by atoms with Crippen molar-refractivity contribution in [3.8, 4) is 0 Å². The monoisotopic (exact) mass is 648 g/mol. The number of carbonyl (C=O) groups is 5. The normalized spacial score (nSPS) is 13.6. The molecule has 1 aromatic rings. The molecular formula is C33H56N6O7. The number of nitrogens with two attached hydrogens (primary N) is 1. The van der Waals surface area contributed by atoms with Crippen molar-refractivity contribution in [2.24, 2.45) is 22.5 Å². The fourth-order valence-electron chi connectivity index (χ4n) is 4.41. The van der Waals surface area contributed by atoms with E-state index in [0.29, 0.717) is 30.5 Å². The Bertz CT molecular complexity index is 1140.